The Morgan fingerprint density at radius 1 is 0.600 bits per heavy atom. The van der Waals surface area contributed by atoms with E-state index >= 15 is 4.39 Å². The summed E-state index contributed by atoms with van der Waals surface area (Å²) in [6.45, 7) is 6.82. The van der Waals surface area contributed by atoms with Crippen molar-refractivity contribution in [1.82, 2.24) is 0 Å². The number of para-hydroxylation sites is 2. The van der Waals surface area contributed by atoms with Crippen LogP contribution < -0.4 is 9.80 Å². The lowest BCUT2D eigenvalue weighted by Gasteiger charge is -2.35. The first kappa shape index (κ1) is 41.0. The first-order valence-electron chi connectivity index (χ1n) is 24.3. The molecular formula is C65H47FN2OS. The molecule has 3 aliphatic rings. The van der Waals surface area contributed by atoms with Gasteiger partial charge in [-0.25, -0.2) is 4.39 Å². The van der Waals surface area contributed by atoms with Crippen LogP contribution in [0.1, 0.15) is 60.1 Å². The Hall–Kier alpha value is -7.99. The van der Waals surface area contributed by atoms with Gasteiger partial charge >= 0.3 is 0 Å². The number of halogens is 1. The lowest BCUT2D eigenvalue weighted by Crippen LogP contribution is -2.29. The van der Waals surface area contributed by atoms with E-state index in [9.17, 15) is 0 Å². The molecule has 0 fully saturated rings. The summed E-state index contributed by atoms with van der Waals surface area (Å²) in [5.74, 6) is -0.0599. The average Bonchev–Trinajstić information content (AvgIpc) is 4.14. The summed E-state index contributed by atoms with van der Waals surface area (Å²) >= 11 is 1.83. The zero-order valence-corrected chi connectivity index (χ0v) is 39.8. The molecular weight excluding hydrogens is 876 g/mol. The molecule has 70 heavy (non-hydrogen) atoms. The van der Waals surface area contributed by atoms with Gasteiger partial charge in [-0.1, -0.05) is 172 Å². The van der Waals surface area contributed by atoms with Crippen LogP contribution in [0.4, 0.5) is 32.8 Å². The predicted molar refractivity (Wildman–Crippen MR) is 291 cm³/mol. The van der Waals surface area contributed by atoms with Gasteiger partial charge in [0.15, 0.2) is 0 Å². The van der Waals surface area contributed by atoms with E-state index in [0.717, 1.165) is 78.1 Å². The van der Waals surface area contributed by atoms with E-state index in [4.69, 9.17) is 4.42 Å². The Bertz CT molecular complexity index is 3970. The van der Waals surface area contributed by atoms with Gasteiger partial charge in [0.05, 0.1) is 17.1 Å². The molecule has 11 aromatic rings. The second kappa shape index (κ2) is 15.3. The van der Waals surface area contributed by atoms with Crippen LogP contribution >= 0.6 is 11.3 Å². The highest BCUT2D eigenvalue weighted by molar-refractivity contribution is 7.26. The zero-order valence-electron chi connectivity index (χ0n) is 39.0. The third kappa shape index (κ3) is 5.85. The van der Waals surface area contributed by atoms with Crippen molar-refractivity contribution in [1.29, 1.82) is 0 Å². The third-order valence-electron chi connectivity index (χ3n) is 15.3. The van der Waals surface area contributed by atoms with Gasteiger partial charge in [-0.2, -0.15) is 0 Å². The molecule has 3 unspecified atom stereocenters. The van der Waals surface area contributed by atoms with E-state index in [-0.39, 0.29) is 23.2 Å². The van der Waals surface area contributed by atoms with Crippen LogP contribution in [0.3, 0.4) is 0 Å². The van der Waals surface area contributed by atoms with Gasteiger partial charge in [0.2, 0.25) is 0 Å². The van der Waals surface area contributed by atoms with Gasteiger partial charge in [-0.05, 0) is 106 Å². The topological polar surface area (TPSA) is 19.6 Å². The number of fused-ring (bicyclic) bond motifs is 14. The van der Waals surface area contributed by atoms with Crippen molar-refractivity contribution in [3.05, 3.63) is 258 Å². The minimum Gasteiger partial charge on any atom is -0.455 e. The predicted octanol–water partition coefficient (Wildman–Crippen LogP) is 18.0. The molecule has 0 saturated heterocycles. The number of thiophene rings is 1. The average molecular weight is 923 g/mol. The van der Waals surface area contributed by atoms with Crippen molar-refractivity contribution in [2.45, 2.75) is 43.6 Å². The molecule has 0 spiro atoms. The molecule has 0 amide bonds. The summed E-state index contributed by atoms with van der Waals surface area (Å²) in [6.07, 6.45) is 9.07. The van der Waals surface area contributed by atoms with Gasteiger partial charge in [-0.15, -0.1) is 11.3 Å². The first-order valence-corrected chi connectivity index (χ1v) is 25.1. The Morgan fingerprint density at radius 2 is 1.31 bits per heavy atom. The largest absolute Gasteiger partial charge is 0.455 e. The van der Waals surface area contributed by atoms with E-state index in [1.165, 1.54) is 37.0 Å². The Morgan fingerprint density at radius 3 is 2.11 bits per heavy atom. The van der Waals surface area contributed by atoms with Crippen LogP contribution in [-0.2, 0) is 10.8 Å². The van der Waals surface area contributed by atoms with Crippen LogP contribution in [-0.4, -0.2) is 6.04 Å². The van der Waals surface area contributed by atoms with E-state index < -0.39 is 5.41 Å². The van der Waals surface area contributed by atoms with E-state index in [1.807, 2.05) is 23.5 Å². The van der Waals surface area contributed by atoms with Crippen molar-refractivity contribution in [2.75, 3.05) is 9.80 Å². The molecule has 0 bridgehead atoms. The number of anilines is 5. The molecule has 9 aromatic carbocycles. The molecule has 2 aliphatic carbocycles. The summed E-state index contributed by atoms with van der Waals surface area (Å²) in [6, 6.07) is 69.4. The van der Waals surface area contributed by atoms with E-state index in [0.29, 0.717) is 0 Å². The number of furan rings is 1. The Kier molecular flexibility index (Phi) is 8.94. The molecule has 3 nitrogen and oxygen atoms in total. The fourth-order valence-corrected chi connectivity index (χ4v) is 13.5. The van der Waals surface area contributed by atoms with Crippen molar-refractivity contribution in [3.8, 4) is 11.1 Å². The number of benzene rings is 9. The second-order valence-corrected chi connectivity index (χ2v) is 21.1. The fourth-order valence-electron chi connectivity index (χ4n) is 12.2. The molecule has 3 atom stereocenters. The quantitative estimate of drug-likeness (QED) is 0.166. The number of rotatable bonds is 6. The SMILES string of the molecule is CC(C)(C)c1ccc(N(c2ccc3c(c2)N(c2ccccc2)C2C=CC=CC32)c2cc3c(c4sc5ccccc5c24)-c2c(ccc4c2oc2ccccc24)C3(c2ccccc2)c2cccc(F)c2)cc1. The summed E-state index contributed by atoms with van der Waals surface area (Å²) in [5.41, 5.74) is 15.1. The van der Waals surface area contributed by atoms with Crippen LogP contribution in [0.15, 0.2) is 223 Å². The van der Waals surface area contributed by atoms with E-state index in [2.05, 4.69) is 225 Å². The van der Waals surface area contributed by atoms with Crippen molar-refractivity contribution in [3.63, 3.8) is 0 Å². The Labute approximate surface area is 410 Å². The molecule has 0 radical (unpaired) electrons. The fraction of sp³-hybridized carbons (Fsp3) is 0.108. The van der Waals surface area contributed by atoms with E-state index in [1.54, 1.807) is 12.1 Å². The molecule has 14 rings (SSSR count). The van der Waals surface area contributed by atoms with Crippen molar-refractivity contribution in [2.24, 2.45) is 0 Å². The molecule has 5 heteroatoms. The smallest absolute Gasteiger partial charge is 0.143 e. The molecule has 2 aromatic heterocycles. The first-order chi connectivity index (χ1) is 34.3. The van der Waals surface area contributed by atoms with Crippen LogP contribution in [0, 0.1) is 5.82 Å². The van der Waals surface area contributed by atoms with Gasteiger partial charge in [0.25, 0.3) is 0 Å². The normalized spacial score (nSPS) is 17.9. The molecule has 1 aliphatic heterocycles. The molecule has 336 valence electrons. The second-order valence-electron chi connectivity index (χ2n) is 20.1. The summed E-state index contributed by atoms with van der Waals surface area (Å²) < 4.78 is 25.6. The minimum absolute atomic E-state index is 0.0388. The highest BCUT2D eigenvalue weighted by Crippen LogP contribution is 2.64. The lowest BCUT2D eigenvalue weighted by atomic mass is 9.67. The van der Waals surface area contributed by atoms with Gasteiger partial charge < -0.3 is 14.2 Å². The van der Waals surface area contributed by atoms with Crippen LogP contribution in [0.25, 0.3) is 53.2 Å². The van der Waals surface area contributed by atoms with Crippen molar-refractivity contribution < 1.29 is 8.81 Å². The maximum Gasteiger partial charge on any atom is 0.143 e. The summed E-state index contributed by atoms with van der Waals surface area (Å²) in [5, 5.41) is 4.49. The van der Waals surface area contributed by atoms with Gasteiger partial charge in [0, 0.05) is 70.7 Å². The van der Waals surface area contributed by atoms with Crippen LogP contribution in [0.5, 0.6) is 0 Å². The van der Waals surface area contributed by atoms with Crippen LogP contribution in [0.2, 0.25) is 0 Å². The maximum absolute atomic E-state index is 16.1. The molecule has 3 heterocycles. The minimum atomic E-state index is -0.932. The number of hydrogen-bond donors (Lipinski definition) is 0. The Balaban J connectivity index is 1.14. The van der Waals surface area contributed by atoms with Gasteiger partial charge in [0.1, 0.15) is 17.0 Å². The number of hydrogen-bond acceptors (Lipinski definition) is 4. The van der Waals surface area contributed by atoms with Crippen molar-refractivity contribution >= 4 is 81.9 Å². The zero-order chi connectivity index (χ0) is 46.9. The number of nitrogens with zero attached hydrogens (tertiary/aromatic N) is 2. The highest BCUT2D eigenvalue weighted by Gasteiger charge is 2.50. The monoisotopic (exact) mass is 922 g/mol. The summed E-state index contributed by atoms with van der Waals surface area (Å²) in [7, 11) is 0. The third-order valence-corrected chi connectivity index (χ3v) is 16.4. The molecule has 0 saturated carbocycles. The van der Waals surface area contributed by atoms with Gasteiger partial charge in [-0.3, -0.25) is 0 Å². The maximum atomic E-state index is 16.1. The summed E-state index contributed by atoms with van der Waals surface area (Å²) in [4.78, 5) is 5.01. The number of allylic oxidation sites excluding steroid dienone is 2. The standard InChI is InChI=1S/C65H47FN2OS/c1-64(2,3)40-29-31-45(32-30-40)67(46-33-34-48-47-23-10-13-26-54(47)68(55(48)38-46)44-21-8-5-9-22-44)56-39-53-61(63-59(56)51-25-12-15-28-58(51)70-63)60-52(36-35-50-49-24-11-14-27-57(49)69-62(50)60)65(53,41-17-6-4-7-18-41)42-19-16-20-43(66)37-42/h4-39,47,54H,1-3H3. The highest BCUT2D eigenvalue weighted by atomic mass is 32.1. The molecule has 0 N–H and O–H groups in total. The lowest BCUT2D eigenvalue weighted by molar-refractivity contribution is 0.590.